The van der Waals surface area contributed by atoms with Gasteiger partial charge in [0.1, 0.15) is 5.75 Å². The highest BCUT2D eigenvalue weighted by molar-refractivity contribution is 7.92. The predicted octanol–water partition coefficient (Wildman–Crippen LogP) is 2.74. The van der Waals surface area contributed by atoms with E-state index < -0.39 is 10.0 Å². The molecule has 2 N–H and O–H groups in total. The van der Waals surface area contributed by atoms with Gasteiger partial charge in [-0.3, -0.25) is 9.52 Å². The van der Waals surface area contributed by atoms with Crippen molar-refractivity contribution in [3.05, 3.63) is 59.2 Å². The SMILES string of the molecule is COc1ccccc1CCCNC(=O)c1ccc(C)c(NS(C)(=O)=O)c1. The highest BCUT2D eigenvalue weighted by Crippen LogP contribution is 2.19. The fourth-order valence-corrected chi connectivity index (χ4v) is 3.18. The van der Waals surface area contributed by atoms with E-state index in [0.717, 1.165) is 36.0 Å². The summed E-state index contributed by atoms with van der Waals surface area (Å²) in [4.78, 5) is 12.3. The van der Waals surface area contributed by atoms with Gasteiger partial charge in [0.05, 0.1) is 19.1 Å². The molecule has 0 saturated heterocycles. The van der Waals surface area contributed by atoms with Crippen LogP contribution >= 0.6 is 0 Å². The maximum atomic E-state index is 12.3. The molecule has 0 saturated carbocycles. The van der Waals surface area contributed by atoms with Crippen LogP contribution in [0.15, 0.2) is 42.5 Å². The maximum Gasteiger partial charge on any atom is 0.251 e. The zero-order valence-corrected chi connectivity index (χ0v) is 16.0. The van der Waals surface area contributed by atoms with Crippen molar-refractivity contribution in [1.29, 1.82) is 0 Å². The lowest BCUT2D eigenvalue weighted by atomic mass is 10.1. The molecule has 2 aromatic rings. The number of sulfonamides is 1. The summed E-state index contributed by atoms with van der Waals surface area (Å²) in [5.74, 6) is 0.607. The third-order valence-electron chi connectivity index (χ3n) is 3.90. The number of rotatable bonds is 8. The first-order chi connectivity index (χ1) is 12.3. The van der Waals surface area contributed by atoms with Crippen LogP contribution in [0.1, 0.15) is 27.9 Å². The Hall–Kier alpha value is -2.54. The van der Waals surface area contributed by atoms with Crippen LogP contribution in [-0.4, -0.2) is 34.2 Å². The van der Waals surface area contributed by atoms with E-state index in [-0.39, 0.29) is 5.91 Å². The lowest BCUT2D eigenvalue weighted by molar-refractivity contribution is 0.0953. The van der Waals surface area contributed by atoms with Crippen molar-refractivity contribution < 1.29 is 17.9 Å². The number of benzene rings is 2. The van der Waals surface area contributed by atoms with Gasteiger partial charge in [0.15, 0.2) is 0 Å². The van der Waals surface area contributed by atoms with Crippen molar-refractivity contribution in [1.82, 2.24) is 5.32 Å². The predicted molar refractivity (Wildman–Crippen MR) is 103 cm³/mol. The number of methoxy groups -OCH3 is 1. The molecule has 0 bridgehead atoms. The number of amides is 1. The standard InChI is InChI=1S/C19H24N2O4S/c1-14-10-11-16(13-17(14)21-26(3,23)24)19(22)20-12-6-8-15-7-4-5-9-18(15)25-2/h4-5,7,9-11,13,21H,6,8,12H2,1-3H3,(H,20,22). The minimum atomic E-state index is -3.39. The van der Waals surface area contributed by atoms with Gasteiger partial charge in [-0.05, 0) is 49.1 Å². The van der Waals surface area contributed by atoms with Crippen LogP contribution in [0, 0.1) is 6.92 Å². The summed E-state index contributed by atoms with van der Waals surface area (Å²) < 4.78 is 30.6. The molecule has 0 aliphatic carbocycles. The van der Waals surface area contributed by atoms with Crippen LogP contribution in [0.25, 0.3) is 0 Å². The molecular weight excluding hydrogens is 352 g/mol. The number of para-hydroxylation sites is 1. The second-order valence-corrected chi connectivity index (χ2v) is 7.82. The lowest BCUT2D eigenvalue weighted by Gasteiger charge is -2.11. The smallest absolute Gasteiger partial charge is 0.251 e. The minimum absolute atomic E-state index is 0.235. The van der Waals surface area contributed by atoms with Crippen LogP contribution in [0.4, 0.5) is 5.69 Å². The van der Waals surface area contributed by atoms with Crippen molar-refractivity contribution in [3.8, 4) is 5.75 Å². The molecule has 0 atom stereocenters. The summed E-state index contributed by atoms with van der Waals surface area (Å²) in [5.41, 5.74) is 2.68. The van der Waals surface area contributed by atoms with E-state index in [4.69, 9.17) is 4.74 Å². The van der Waals surface area contributed by atoms with Gasteiger partial charge in [0, 0.05) is 12.1 Å². The van der Waals surface area contributed by atoms with E-state index in [1.807, 2.05) is 24.3 Å². The van der Waals surface area contributed by atoms with Crippen LogP contribution in [0.5, 0.6) is 5.75 Å². The third-order valence-corrected chi connectivity index (χ3v) is 4.49. The molecule has 0 fully saturated rings. The van der Waals surface area contributed by atoms with E-state index in [2.05, 4.69) is 10.0 Å². The van der Waals surface area contributed by atoms with Gasteiger partial charge in [-0.15, -0.1) is 0 Å². The van der Waals surface area contributed by atoms with Gasteiger partial charge in [0.25, 0.3) is 5.91 Å². The summed E-state index contributed by atoms with van der Waals surface area (Å²) in [6.07, 6.45) is 2.64. The van der Waals surface area contributed by atoms with Crippen molar-refractivity contribution in [2.45, 2.75) is 19.8 Å². The number of ether oxygens (including phenoxy) is 1. The first kappa shape index (κ1) is 19.8. The highest BCUT2D eigenvalue weighted by atomic mass is 32.2. The van der Waals surface area contributed by atoms with Crippen LogP contribution < -0.4 is 14.8 Å². The Balaban J connectivity index is 1.93. The largest absolute Gasteiger partial charge is 0.496 e. The molecule has 0 aliphatic heterocycles. The van der Waals surface area contributed by atoms with Crippen LogP contribution in [0.3, 0.4) is 0 Å². The number of nitrogens with one attached hydrogen (secondary N) is 2. The minimum Gasteiger partial charge on any atom is -0.496 e. The topological polar surface area (TPSA) is 84.5 Å². The molecular formula is C19H24N2O4S. The quantitative estimate of drug-likeness (QED) is 0.694. The molecule has 2 aromatic carbocycles. The molecule has 0 aliphatic rings. The van der Waals surface area contributed by atoms with Gasteiger partial charge in [-0.1, -0.05) is 24.3 Å². The molecule has 0 aromatic heterocycles. The van der Waals surface area contributed by atoms with Crippen LogP contribution in [0.2, 0.25) is 0 Å². The highest BCUT2D eigenvalue weighted by Gasteiger charge is 2.10. The second kappa shape index (κ2) is 8.71. The Kier molecular flexibility index (Phi) is 6.63. The number of hydrogen-bond donors (Lipinski definition) is 2. The Bertz CT molecular complexity index is 879. The number of anilines is 1. The van der Waals surface area contributed by atoms with Crippen LogP contribution in [-0.2, 0) is 16.4 Å². The average Bonchev–Trinajstić information content (AvgIpc) is 2.59. The van der Waals surface area contributed by atoms with Gasteiger partial charge in [-0.25, -0.2) is 8.42 Å². The summed E-state index contributed by atoms with van der Waals surface area (Å²) in [7, 11) is -1.75. The monoisotopic (exact) mass is 376 g/mol. The summed E-state index contributed by atoms with van der Waals surface area (Å²) >= 11 is 0. The Morgan fingerprint density at radius 1 is 1.15 bits per heavy atom. The van der Waals surface area contributed by atoms with E-state index in [0.29, 0.717) is 17.8 Å². The molecule has 0 unspecified atom stereocenters. The van der Waals surface area contributed by atoms with Crippen molar-refractivity contribution in [2.75, 3.05) is 24.6 Å². The molecule has 0 radical (unpaired) electrons. The maximum absolute atomic E-state index is 12.3. The molecule has 26 heavy (non-hydrogen) atoms. The zero-order chi connectivity index (χ0) is 19.2. The first-order valence-electron chi connectivity index (χ1n) is 8.28. The lowest BCUT2D eigenvalue weighted by Crippen LogP contribution is -2.25. The molecule has 2 rings (SSSR count). The number of carbonyl (C=O) groups excluding carboxylic acids is 1. The molecule has 1 amide bonds. The van der Waals surface area contributed by atoms with Gasteiger partial charge >= 0.3 is 0 Å². The van der Waals surface area contributed by atoms with Crippen molar-refractivity contribution in [2.24, 2.45) is 0 Å². The fourth-order valence-electron chi connectivity index (χ4n) is 2.57. The Morgan fingerprint density at radius 3 is 2.58 bits per heavy atom. The van der Waals surface area contributed by atoms with E-state index in [1.165, 1.54) is 0 Å². The van der Waals surface area contributed by atoms with Gasteiger partial charge < -0.3 is 10.1 Å². The van der Waals surface area contributed by atoms with Gasteiger partial charge in [0.2, 0.25) is 10.0 Å². The molecule has 6 nitrogen and oxygen atoms in total. The number of hydrogen-bond acceptors (Lipinski definition) is 4. The first-order valence-corrected chi connectivity index (χ1v) is 10.2. The average molecular weight is 376 g/mol. The molecule has 0 spiro atoms. The van der Waals surface area contributed by atoms with Crippen molar-refractivity contribution >= 4 is 21.6 Å². The van der Waals surface area contributed by atoms with E-state index in [1.54, 1.807) is 32.2 Å². The number of carbonyl (C=O) groups is 1. The summed E-state index contributed by atoms with van der Waals surface area (Å²) in [6, 6.07) is 12.7. The van der Waals surface area contributed by atoms with Gasteiger partial charge in [-0.2, -0.15) is 0 Å². The number of aryl methyl sites for hydroxylation is 2. The molecule has 140 valence electrons. The van der Waals surface area contributed by atoms with E-state index >= 15 is 0 Å². The van der Waals surface area contributed by atoms with E-state index in [9.17, 15) is 13.2 Å². The molecule has 7 heteroatoms. The normalized spacial score (nSPS) is 11.0. The summed E-state index contributed by atoms with van der Waals surface area (Å²) in [6.45, 7) is 2.29. The zero-order valence-electron chi connectivity index (χ0n) is 15.2. The second-order valence-electron chi connectivity index (χ2n) is 6.08. The van der Waals surface area contributed by atoms with Crippen molar-refractivity contribution in [3.63, 3.8) is 0 Å². The Labute approximate surface area is 154 Å². The molecule has 0 heterocycles. The fraction of sp³-hybridized carbons (Fsp3) is 0.316. The Morgan fingerprint density at radius 2 is 1.88 bits per heavy atom. The third kappa shape index (κ3) is 5.77. The summed E-state index contributed by atoms with van der Waals surface area (Å²) in [5, 5.41) is 2.86.